The van der Waals surface area contributed by atoms with Crippen molar-refractivity contribution in [2.24, 2.45) is 0 Å². The molecule has 1 N–H and O–H groups in total. The summed E-state index contributed by atoms with van der Waals surface area (Å²) < 4.78 is 7.37. The quantitative estimate of drug-likeness (QED) is 0.900. The van der Waals surface area contributed by atoms with Crippen molar-refractivity contribution in [2.75, 3.05) is 6.54 Å². The molecule has 2 heterocycles. The Morgan fingerprint density at radius 2 is 2.44 bits per heavy atom. The summed E-state index contributed by atoms with van der Waals surface area (Å²) in [5.74, 6) is 0.905. The van der Waals surface area contributed by atoms with Crippen molar-refractivity contribution in [1.82, 2.24) is 15.0 Å². The standard InChI is InChI=1S/C14H19N3O/c1-2-15-14-5-3-4-11-8-17(10-13(11)14)9-12-6-7-16-18-12/h6-8,10,14-15H,2-5,9H2,1H3. The molecular formula is C14H19N3O. The van der Waals surface area contributed by atoms with Crippen LogP contribution in [0.5, 0.6) is 0 Å². The largest absolute Gasteiger partial charge is 0.359 e. The van der Waals surface area contributed by atoms with E-state index < -0.39 is 0 Å². The second-order valence-corrected chi connectivity index (χ2v) is 4.89. The van der Waals surface area contributed by atoms with E-state index in [1.165, 1.54) is 30.4 Å². The molecule has 1 unspecified atom stereocenters. The molecule has 2 aromatic heterocycles. The van der Waals surface area contributed by atoms with Crippen molar-refractivity contribution >= 4 is 0 Å². The summed E-state index contributed by atoms with van der Waals surface area (Å²) in [7, 11) is 0. The third kappa shape index (κ3) is 2.20. The molecule has 2 aromatic rings. The van der Waals surface area contributed by atoms with E-state index in [0.717, 1.165) is 18.8 Å². The smallest absolute Gasteiger partial charge is 0.156 e. The predicted molar refractivity (Wildman–Crippen MR) is 69.4 cm³/mol. The number of hydrogen-bond donors (Lipinski definition) is 1. The number of aromatic nitrogens is 2. The molecule has 0 spiro atoms. The molecular weight excluding hydrogens is 226 g/mol. The van der Waals surface area contributed by atoms with E-state index in [1.807, 2.05) is 6.07 Å². The molecule has 4 heteroatoms. The highest BCUT2D eigenvalue weighted by molar-refractivity contribution is 5.30. The molecule has 1 aliphatic carbocycles. The number of aryl methyl sites for hydroxylation is 1. The first-order valence-electron chi connectivity index (χ1n) is 6.68. The lowest BCUT2D eigenvalue weighted by atomic mass is 9.91. The van der Waals surface area contributed by atoms with Gasteiger partial charge in [0.1, 0.15) is 0 Å². The second kappa shape index (κ2) is 4.98. The van der Waals surface area contributed by atoms with Crippen LogP contribution in [0.2, 0.25) is 0 Å². The summed E-state index contributed by atoms with van der Waals surface area (Å²) >= 11 is 0. The summed E-state index contributed by atoms with van der Waals surface area (Å²) in [6, 6.07) is 2.44. The summed E-state index contributed by atoms with van der Waals surface area (Å²) in [6.45, 7) is 3.96. The van der Waals surface area contributed by atoms with Gasteiger partial charge in [-0.2, -0.15) is 0 Å². The second-order valence-electron chi connectivity index (χ2n) is 4.89. The van der Waals surface area contributed by atoms with Crippen LogP contribution in [0.4, 0.5) is 0 Å². The minimum atomic E-state index is 0.523. The number of fused-ring (bicyclic) bond motifs is 1. The molecule has 96 valence electrons. The lowest BCUT2D eigenvalue weighted by molar-refractivity contribution is 0.376. The third-order valence-electron chi connectivity index (χ3n) is 3.59. The Morgan fingerprint density at radius 1 is 1.50 bits per heavy atom. The van der Waals surface area contributed by atoms with Crippen LogP contribution < -0.4 is 5.32 Å². The summed E-state index contributed by atoms with van der Waals surface area (Å²) in [5, 5.41) is 7.31. The molecule has 3 rings (SSSR count). The molecule has 0 amide bonds. The fraction of sp³-hybridized carbons (Fsp3) is 0.500. The van der Waals surface area contributed by atoms with Gasteiger partial charge in [-0.05, 0) is 36.9 Å². The van der Waals surface area contributed by atoms with E-state index in [4.69, 9.17) is 4.52 Å². The van der Waals surface area contributed by atoms with E-state index in [9.17, 15) is 0 Å². The maximum atomic E-state index is 5.16. The van der Waals surface area contributed by atoms with Crippen LogP contribution in [-0.4, -0.2) is 16.3 Å². The van der Waals surface area contributed by atoms with Gasteiger partial charge in [-0.15, -0.1) is 0 Å². The van der Waals surface area contributed by atoms with Crippen LogP contribution >= 0.6 is 0 Å². The van der Waals surface area contributed by atoms with Crippen LogP contribution in [0, 0.1) is 0 Å². The Labute approximate surface area is 107 Å². The van der Waals surface area contributed by atoms with E-state index in [-0.39, 0.29) is 0 Å². The van der Waals surface area contributed by atoms with E-state index in [2.05, 4.69) is 34.4 Å². The van der Waals surface area contributed by atoms with E-state index >= 15 is 0 Å². The van der Waals surface area contributed by atoms with E-state index in [0.29, 0.717) is 6.04 Å². The van der Waals surface area contributed by atoms with Gasteiger partial charge in [0.2, 0.25) is 0 Å². The Balaban J connectivity index is 1.82. The highest BCUT2D eigenvalue weighted by atomic mass is 16.5. The van der Waals surface area contributed by atoms with Crippen molar-refractivity contribution < 1.29 is 4.52 Å². The number of nitrogens with zero attached hydrogens (tertiary/aromatic N) is 2. The molecule has 0 saturated heterocycles. The molecule has 1 atom stereocenters. The van der Waals surface area contributed by atoms with Gasteiger partial charge in [-0.3, -0.25) is 0 Å². The molecule has 0 aliphatic heterocycles. The van der Waals surface area contributed by atoms with Crippen LogP contribution in [0.3, 0.4) is 0 Å². The molecule has 0 radical (unpaired) electrons. The lowest BCUT2D eigenvalue weighted by Crippen LogP contribution is -2.23. The van der Waals surface area contributed by atoms with Crippen molar-refractivity contribution in [3.63, 3.8) is 0 Å². The average molecular weight is 245 g/mol. The van der Waals surface area contributed by atoms with Gasteiger partial charge in [0.05, 0.1) is 12.7 Å². The summed E-state index contributed by atoms with van der Waals surface area (Å²) in [4.78, 5) is 0. The van der Waals surface area contributed by atoms with Gasteiger partial charge >= 0.3 is 0 Å². The van der Waals surface area contributed by atoms with Crippen LogP contribution in [-0.2, 0) is 13.0 Å². The first kappa shape index (κ1) is 11.5. The molecule has 1 aliphatic rings. The highest BCUT2D eigenvalue weighted by Gasteiger charge is 2.21. The fourth-order valence-corrected chi connectivity index (χ4v) is 2.80. The van der Waals surface area contributed by atoms with Gasteiger partial charge in [0.25, 0.3) is 0 Å². The predicted octanol–water partition coefficient (Wildman–Crippen LogP) is 2.51. The zero-order valence-electron chi connectivity index (χ0n) is 10.7. The van der Waals surface area contributed by atoms with Crippen LogP contribution in [0.15, 0.2) is 29.2 Å². The third-order valence-corrected chi connectivity index (χ3v) is 3.59. The topological polar surface area (TPSA) is 43.0 Å². The summed E-state index contributed by atoms with van der Waals surface area (Å²) in [6.07, 6.45) is 9.91. The lowest BCUT2D eigenvalue weighted by Gasteiger charge is -2.22. The van der Waals surface area contributed by atoms with Gasteiger partial charge in [0.15, 0.2) is 5.76 Å². The summed E-state index contributed by atoms with van der Waals surface area (Å²) in [5.41, 5.74) is 2.94. The molecule has 18 heavy (non-hydrogen) atoms. The van der Waals surface area contributed by atoms with Crippen LogP contribution in [0.1, 0.15) is 42.7 Å². The Morgan fingerprint density at radius 3 is 3.22 bits per heavy atom. The monoisotopic (exact) mass is 245 g/mol. The number of rotatable bonds is 4. The van der Waals surface area contributed by atoms with Crippen molar-refractivity contribution in [2.45, 2.75) is 38.8 Å². The van der Waals surface area contributed by atoms with Gasteiger partial charge in [0, 0.05) is 24.5 Å². The van der Waals surface area contributed by atoms with Crippen molar-refractivity contribution in [3.05, 3.63) is 41.5 Å². The Bertz CT molecular complexity index is 501. The Kier molecular flexibility index (Phi) is 3.19. The molecule has 0 saturated carbocycles. The minimum Gasteiger partial charge on any atom is -0.359 e. The first-order valence-corrected chi connectivity index (χ1v) is 6.68. The maximum Gasteiger partial charge on any atom is 0.156 e. The van der Waals surface area contributed by atoms with Crippen molar-refractivity contribution in [3.8, 4) is 0 Å². The minimum absolute atomic E-state index is 0.523. The van der Waals surface area contributed by atoms with Gasteiger partial charge < -0.3 is 14.4 Å². The first-order chi connectivity index (χ1) is 8.86. The fourth-order valence-electron chi connectivity index (χ4n) is 2.80. The molecule has 4 nitrogen and oxygen atoms in total. The van der Waals surface area contributed by atoms with E-state index in [1.54, 1.807) is 6.20 Å². The average Bonchev–Trinajstić information content (AvgIpc) is 2.99. The Hall–Kier alpha value is -1.55. The van der Waals surface area contributed by atoms with Gasteiger partial charge in [-0.1, -0.05) is 12.1 Å². The zero-order valence-corrected chi connectivity index (χ0v) is 10.7. The zero-order chi connectivity index (χ0) is 12.4. The van der Waals surface area contributed by atoms with Crippen molar-refractivity contribution in [1.29, 1.82) is 0 Å². The molecule has 0 bridgehead atoms. The van der Waals surface area contributed by atoms with Crippen LogP contribution in [0.25, 0.3) is 0 Å². The number of nitrogens with one attached hydrogen (secondary N) is 1. The molecule has 0 aromatic carbocycles. The number of hydrogen-bond acceptors (Lipinski definition) is 3. The highest BCUT2D eigenvalue weighted by Crippen LogP contribution is 2.30. The SMILES string of the molecule is CCNC1CCCc2cn(Cc3ccno3)cc21. The normalized spacial score (nSPS) is 18.8. The molecule has 0 fully saturated rings. The van der Waals surface area contributed by atoms with Gasteiger partial charge in [-0.25, -0.2) is 0 Å². The maximum absolute atomic E-state index is 5.16.